The van der Waals surface area contributed by atoms with E-state index in [1.165, 1.54) is 6.20 Å². The smallest absolute Gasteiger partial charge is 0.275 e. The highest BCUT2D eigenvalue weighted by Gasteiger charge is 2.09. The van der Waals surface area contributed by atoms with Crippen LogP contribution in [0.2, 0.25) is 0 Å². The highest BCUT2D eigenvalue weighted by atomic mass is 79.9. The van der Waals surface area contributed by atoms with Crippen LogP contribution in [-0.4, -0.2) is 20.9 Å². The van der Waals surface area contributed by atoms with E-state index in [0.29, 0.717) is 16.0 Å². The molecule has 0 unspecified atom stereocenters. The van der Waals surface area contributed by atoms with E-state index < -0.39 is 5.91 Å². The van der Waals surface area contributed by atoms with E-state index in [2.05, 4.69) is 36.2 Å². The molecule has 2 aromatic heterocycles. The van der Waals surface area contributed by atoms with Gasteiger partial charge in [0.25, 0.3) is 11.5 Å². The van der Waals surface area contributed by atoms with Crippen LogP contribution in [-0.2, 0) is 0 Å². The number of H-pyrrole nitrogens is 1. The summed E-state index contributed by atoms with van der Waals surface area (Å²) in [6, 6.07) is 3.46. The summed E-state index contributed by atoms with van der Waals surface area (Å²) < 4.78 is 0.695. The maximum Gasteiger partial charge on any atom is 0.275 e. The number of halogens is 1. The molecule has 0 spiro atoms. The molecule has 2 N–H and O–H groups in total. The molecule has 0 fully saturated rings. The number of carbonyl (C=O) groups is 1. The van der Waals surface area contributed by atoms with Gasteiger partial charge in [-0.1, -0.05) is 0 Å². The van der Waals surface area contributed by atoms with Crippen molar-refractivity contribution in [1.82, 2.24) is 15.0 Å². The molecular weight excluding hydrogens is 300 g/mol. The number of aromatic amines is 1. The van der Waals surface area contributed by atoms with E-state index in [9.17, 15) is 9.59 Å². The van der Waals surface area contributed by atoms with Gasteiger partial charge in [-0.25, -0.2) is 9.97 Å². The Morgan fingerprint density at radius 1 is 1.44 bits per heavy atom. The van der Waals surface area contributed by atoms with E-state index in [4.69, 9.17) is 0 Å². The topological polar surface area (TPSA) is 87.7 Å². The minimum absolute atomic E-state index is 0.136. The van der Waals surface area contributed by atoms with Crippen LogP contribution in [0.25, 0.3) is 0 Å². The number of amides is 1. The number of hydrogen-bond acceptors (Lipinski definition) is 4. The van der Waals surface area contributed by atoms with Crippen LogP contribution in [0.5, 0.6) is 0 Å². The van der Waals surface area contributed by atoms with Crippen molar-refractivity contribution in [2.45, 2.75) is 6.92 Å². The molecular formula is C11H9BrN4O2. The van der Waals surface area contributed by atoms with Crippen molar-refractivity contribution in [3.63, 3.8) is 0 Å². The Labute approximate surface area is 111 Å². The number of rotatable bonds is 2. The summed E-state index contributed by atoms with van der Waals surface area (Å²) in [5, 5.41) is 2.67. The Kier molecular flexibility index (Phi) is 3.52. The maximum atomic E-state index is 11.8. The standard InChI is InChI=1S/C11H9BrN4O2/c1-6-7(2-3-9(12)15-6)16-11(18)8-4-14-10(17)5-13-8/h2-5H,1H3,(H,14,17)(H,16,18). The van der Waals surface area contributed by atoms with Gasteiger partial charge < -0.3 is 10.3 Å². The zero-order valence-corrected chi connectivity index (χ0v) is 11.0. The molecule has 0 saturated carbocycles. The Balaban J connectivity index is 2.21. The normalized spacial score (nSPS) is 10.1. The van der Waals surface area contributed by atoms with Crippen LogP contribution in [0.15, 0.2) is 33.9 Å². The lowest BCUT2D eigenvalue weighted by molar-refractivity contribution is 0.102. The number of pyridine rings is 1. The Morgan fingerprint density at radius 3 is 2.83 bits per heavy atom. The first-order chi connectivity index (χ1) is 8.56. The van der Waals surface area contributed by atoms with Crippen molar-refractivity contribution in [2.75, 3.05) is 5.32 Å². The summed E-state index contributed by atoms with van der Waals surface area (Å²) in [5.74, 6) is -0.404. The molecule has 2 heterocycles. The second-order valence-electron chi connectivity index (χ2n) is 3.52. The molecule has 7 heteroatoms. The average molecular weight is 309 g/mol. The molecule has 0 aromatic carbocycles. The van der Waals surface area contributed by atoms with Gasteiger partial charge in [0.15, 0.2) is 0 Å². The SMILES string of the molecule is Cc1nc(Br)ccc1NC(=O)c1c[nH]c(=O)cn1. The summed E-state index contributed by atoms with van der Waals surface area (Å²) >= 11 is 3.24. The number of nitrogens with zero attached hydrogens (tertiary/aromatic N) is 2. The first kappa shape index (κ1) is 12.4. The van der Waals surface area contributed by atoms with Gasteiger partial charge in [0.05, 0.1) is 17.6 Å². The van der Waals surface area contributed by atoms with E-state index in [-0.39, 0.29) is 11.3 Å². The van der Waals surface area contributed by atoms with E-state index in [1.54, 1.807) is 19.1 Å². The first-order valence-electron chi connectivity index (χ1n) is 5.05. The number of carbonyl (C=O) groups excluding carboxylic acids is 1. The lowest BCUT2D eigenvalue weighted by atomic mass is 10.3. The molecule has 1 amide bonds. The second kappa shape index (κ2) is 5.09. The summed E-state index contributed by atoms with van der Waals surface area (Å²) in [6.07, 6.45) is 2.32. The highest BCUT2D eigenvalue weighted by Crippen LogP contribution is 2.16. The summed E-state index contributed by atoms with van der Waals surface area (Å²) in [6.45, 7) is 1.78. The zero-order chi connectivity index (χ0) is 13.1. The van der Waals surface area contributed by atoms with Gasteiger partial charge in [0.2, 0.25) is 0 Å². The van der Waals surface area contributed by atoms with Gasteiger partial charge in [0, 0.05) is 6.20 Å². The van der Waals surface area contributed by atoms with Crippen molar-refractivity contribution < 1.29 is 4.79 Å². The zero-order valence-electron chi connectivity index (χ0n) is 9.40. The molecule has 0 saturated heterocycles. The molecule has 0 bridgehead atoms. The molecule has 0 aliphatic carbocycles. The molecule has 0 aliphatic rings. The Hall–Kier alpha value is -2.02. The third-order valence-corrected chi connectivity index (χ3v) is 2.65. The van der Waals surface area contributed by atoms with Gasteiger partial charge in [-0.05, 0) is 35.0 Å². The maximum absolute atomic E-state index is 11.8. The average Bonchev–Trinajstić information content (AvgIpc) is 2.33. The molecule has 0 aliphatic heterocycles. The number of nitrogens with one attached hydrogen (secondary N) is 2. The molecule has 92 valence electrons. The number of aromatic nitrogens is 3. The van der Waals surface area contributed by atoms with Crippen molar-refractivity contribution in [1.29, 1.82) is 0 Å². The van der Waals surface area contributed by atoms with Crippen LogP contribution in [0.3, 0.4) is 0 Å². The number of anilines is 1. The molecule has 6 nitrogen and oxygen atoms in total. The quantitative estimate of drug-likeness (QED) is 0.823. The third-order valence-electron chi connectivity index (χ3n) is 2.20. The van der Waals surface area contributed by atoms with Crippen LogP contribution < -0.4 is 10.9 Å². The predicted molar refractivity (Wildman–Crippen MR) is 69.5 cm³/mol. The van der Waals surface area contributed by atoms with Crippen LogP contribution in [0, 0.1) is 6.92 Å². The van der Waals surface area contributed by atoms with Gasteiger partial charge in [0.1, 0.15) is 10.3 Å². The van der Waals surface area contributed by atoms with E-state index in [0.717, 1.165) is 6.20 Å². The van der Waals surface area contributed by atoms with Gasteiger partial charge in [-0.3, -0.25) is 9.59 Å². The molecule has 0 atom stereocenters. The first-order valence-corrected chi connectivity index (χ1v) is 5.85. The number of hydrogen-bond donors (Lipinski definition) is 2. The predicted octanol–water partition coefficient (Wildman–Crippen LogP) is 1.49. The van der Waals surface area contributed by atoms with Crippen molar-refractivity contribution in [2.24, 2.45) is 0 Å². The lowest BCUT2D eigenvalue weighted by Gasteiger charge is -2.07. The van der Waals surface area contributed by atoms with Gasteiger partial charge in [-0.15, -0.1) is 0 Å². The minimum Gasteiger partial charge on any atom is -0.325 e. The highest BCUT2D eigenvalue weighted by molar-refractivity contribution is 9.10. The Bertz CT molecular complexity index is 633. The summed E-state index contributed by atoms with van der Waals surface area (Å²) in [5.41, 5.74) is 1.06. The fourth-order valence-electron chi connectivity index (χ4n) is 1.32. The van der Waals surface area contributed by atoms with Crippen molar-refractivity contribution in [3.05, 3.63) is 50.9 Å². The molecule has 2 rings (SSSR count). The number of aryl methyl sites for hydroxylation is 1. The van der Waals surface area contributed by atoms with Crippen LogP contribution >= 0.6 is 15.9 Å². The third kappa shape index (κ3) is 2.80. The van der Waals surface area contributed by atoms with Gasteiger partial charge >= 0.3 is 0 Å². The minimum atomic E-state index is -0.404. The van der Waals surface area contributed by atoms with Crippen molar-refractivity contribution in [3.8, 4) is 0 Å². The van der Waals surface area contributed by atoms with Crippen molar-refractivity contribution >= 4 is 27.5 Å². The monoisotopic (exact) mass is 308 g/mol. The molecule has 18 heavy (non-hydrogen) atoms. The fraction of sp³-hybridized carbons (Fsp3) is 0.0909. The molecule has 2 aromatic rings. The molecule has 0 radical (unpaired) electrons. The Morgan fingerprint density at radius 2 is 2.22 bits per heavy atom. The van der Waals surface area contributed by atoms with Gasteiger partial charge in [-0.2, -0.15) is 0 Å². The van der Waals surface area contributed by atoms with E-state index in [1.807, 2.05) is 0 Å². The summed E-state index contributed by atoms with van der Waals surface area (Å²) in [4.78, 5) is 32.9. The van der Waals surface area contributed by atoms with E-state index >= 15 is 0 Å². The summed E-state index contributed by atoms with van der Waals surface area (Å²) in [7, 11) is 0. The lowest BCUT2D eigenvalue weighted by Crippen LogP contribution is -2.17. The van der Waals surface area contributed by atoms with Crippen LogP contribution in [0.4, 0.5) is 5.69 Å². The largest absolute Gasteiger partial charge is 0.325 e. The fourth-order valence-corrected chi connectivity index (χ4v) is 1.71. The van der Waals surface area contributed by atoms with Crippen LogP contribution in [0.1, 0.15) is 16.2 Å². The second-order valence-corrected chi connectivity index (χ2v) is 4.33.